The predicted molar refractivity (Wildman–Crippen MR) is 62.8 cm³/mol. The van der Waals surface area contributed by atoms with E-state index in [0.717, 1.165) is 11.8 Å². The van der Waals surface area contributed by atoms with Gasteiger partial charge >= 0.3 is 0 Å². The fraction of sp³-hybridized carbons (Fsp3) is 0.889. The van der Waals surface area contributed by atoms with Crippen LogP contribution in [0.1, 0.15) is 19.8 Å². The van der Waals surface area contributed by atoms with Crippen LogP contribution in [-0.2, 0) is 0 Å². The first-order chi connectivity index (χ1) is 6.34. The second-order valence-electron chi connectivity index (χ2n) is 3.60. The van der Waals surface area contributed by atoms with E-state index < -0.39 is 0 Å². The average molecular weight is 216 g/mol. The van der Waals surface area contributed by atoms with E-state index in [-0.39, 0.29) is 0 Å². The van der Waals surface area contributed by atoms with Crippen molar-refractivity contribution in [3.05, 3.63) is 0 Å². The molecule has 2 unspecified atom stereocenters. The Bertz CT molecular complexity index is 198. The number of rotatable bonds is 1. The summed E-state index contributed by atoms with van der Waals surface area (Å²) in [6.45, 7) is 3.33. The molecule has 0 saturated carbocycles. The second-order valence-corrected chi connectivity index (χ2v) is 6.15. The molecule has 2 nitrogen and oxygen atoms in total. The number of hydrogen-bond acceptors (Lipinski definition) is 4. The van der Waals surface area contributed by atoms with Crippen LogP contribution in [0.2, 0.25) is 0 Å². The predicted octanol–water partition coefficient (Wildman–Crippen LogP) is 1.96. The third-order valence-corrected chi connectivity index (χ3v) is 4.72. The van der Waals surface area contributed by atoms with E-state index in [1.54, 1.807) is 0 Å². The third kappa shape index (κ3) is 2.81. The summed E-state index contributed by atoms with van der Waals surface area (Å²) in [5.41, 5.74) is 0. The van der Waals surface area contributed by atoms with E-state index in [1.165, 1.54) is 29.5 Å². The molecule has 2 atom stereocenters. The van der Waals surface area contributed by atoms with Crippen molar-refractivity contribution >= 4 is 28.7 Å². The van der Waals surface area contributed by atoms with Crippen molar-refractivity contribution in [1.29, 1.82) is 0 Å². The first-order valence-electron chi connectivity index (χ1n) is 4.90. The molecule has 0 aromatic rings. The summed E-state index contributed by atoms with van der Waals surface area (Å²) in [5.74, 6) is 2.42. The molecule has 2 rings (SSSR count). The van der Waals surface area contributed by atoms with Gasteiger partial charge in [0, 0.05) is 22.8 Å². The highest BCUT2D eigenvalue weighted by atomic mass is 32.2. The van der Waals surface area contributed by atoms with Crippen LogP contribution in [0.15, 0.2) is 4.99 Å². The van der Waals surface area contributed by atoms with Crippen molar-refractivity contribution in [3.63, 3.8) is 0 Å². The summed E-state index contributed by atoms with van der Waals surface area (Å²) >= 11 is 3.95. The maximum Gasteiger partial charge on any atom is 0.156 e. The summed E-state index contributed by atoms with van der Waals surface area (Å²) in [4.78, 5) is 4.41. The quantitative estimate of drug-likeness (QED) is 0.725. The van der Waals surface area contributed by atoms with E-state index in [0.29, 0.717) is 6.04 Å². The Kier molecular flexibility index (Phi) is 3.44. The first-order valence-corrected chi connectivity index (χ1v) is 6.93. The molecule has 0 aromatic carbocycles. The lowest BCUT2D eigenvalue weighted by Crippen LogP contribution is -2.37. The molecule has 0 aliphatic carbocycles. The molecule has 0 bridgehead atoms. The molecule has 0 aromatic heterocycles. The molecule has 0 spiro atoms. The van der Waals surface area contributed by atoms with E-state index in [9.17, 15) is 0 Å². The van der Waals surface area contributed by atoms with Gasteiger partial charge in [-0.15, -0.1) is 0 Å². The SMILES string of the molecule is CC1CCC(NC2=NCCS2)CS1. The normalized spacial score (nSPS) is 34.4. The van der Waals surface area contributed by atoms with E-state index in [2.05, 4.69) is 29.0 Å². The van der Waals surface area contributed by atoms with Crippen LogP contribution in [0.25, 0.3) is 0 Å². The lowest BCUT2D eigenvalue weighted by molar-refractivity contribution is 0.566. The van der Waals surface area contributed by atoms with Crippen molar-refractivity contribution in [2.45, 2.75) is 31.1 Å². The van der Waals surface area contributed by atoms with Crippen molar-refractivity contribution in [3.8, 4) is 0 Å². The zero-order chi connectivity index (χ0) is 9.10. The minimum atomic E-state index is 0.672. The van der Waals surface area contributed by atoms with Gasteiger partial charge in [-0.05, 0) is 12.8 Å². The van der Waals surface area contributed by atoms with Crippen LogP contribution in [0.3, 0.4) is 0 Å². The van der Waals surface area contributed by atoms with Crippen LogP contribution < -0.4 is 5.32 Å². The van der Waals surface area contributed by atoms with Crippen LogP contribution in [0.5, 0.6) is 0 Å². The van der Waals surface area contributed by atoms with Crippen LogP contribution in [0, 0.1) is 0 Å². The molecule has 13 heavy (non-hydrogen) atoms. The molecular weight excluding hydrogens is 200 g/mol. The van der Waals surface area contributed by atoms with Gasteiger partial charge in [-0.1, -0.05) is 18.7 Å². The third-order valence-electron chi connectivity index (χ3n) is 2.42. The molecule has 74 valence electrons. The fourth-order valence-electron chi connectivity index (χ4n) is 1.59. The van der Waals surface area contributed by atoms with Gasteiger partial charge in [-0.25, -0.2) is 0 Å². The van der Waals surface area contributed by atoms with Gasteiger partial charge in [0.05, 0.1) is 6.54 Å². The van der Waals surface area contributed by atoms with Crippen molar-refractivity contribution in [1.82, 2.24) is 5.32 Å². The molecule has 1 saturated heterocycles. The first kappa shape index (κ1) is 9.71. The zero-order valence-corrected chi connectivity index (χ0v) is 9.59. The Labute approximate surface area is 88.3 Å². The Morgan fingerprint density at radius 1 is 1.46 bits per heavy atom. The van der Waals surface area contributed by atoms with Gasteiger partial charge in [0.15, 0.2) is 5.17 Å². The lowest BCUT2D eigenvalue weighted by atomic mass is 10.1. The lowest BCUT2D eigenvalue weighted by Gasteiger charge is -2.26. The van der Waals surface area contributed by atoms with E-state index in [4.69, 9.17) is 0 Å². The number of nitrogens with zero attached hydrogens (tertiary/aromatic N) is 1. The van der Waals surface area contributed by atoms with Crippen LogP contribution >= 0.6 is 23.5 Å². The maximum absolute atomic E-state index is 4.41. The molecule has 1 N–H and O–H groups in total. The fourth-order valence-corrected chi connectivity index (χ4v) is 3.52. The largest absolute Gasteiger partial charge is 0.361 e. The Hall–Kier alpha value is 0.170. The molecule has 2 aliphatic heterocycles. The highest BCUT2D eigenvalue weighted by Gasteiger charge is 2.20. The number of amidine groups is 1. The summed E-state index contributed by atoms with van der Waals surface area (Å²) < 4.78 is 0. The summed E-state index contributed by atoms with van der Waals surface area (Å²) in [6.07, 6.45) is 2.66. The molecule has 0 amide bonds. The van der Waals surface area contributed by atoms with Gasteiger partial charge in [-0.3, -0.25) is 4.99 Å². The standard InChI is InChI=1S/C9H16N2S2/c1-7-2-3-8(6-13-7)11-9-10-4-5-12-9/h7-8H,2-6H2,1H3,(H,10,11). The number of thioether (sulfide) groups is 2. The Morgan fingerprint density at radius 2 is 2.38 bits per heavy atom. The van der Waals surface area contributed by atoms with Crippen LogP contribution in [0.4, 0.5) is 0 Å². The van der Waals surface area contributed by atoms with Gasteiger partial charge in [-0.2, -0.15) is 11.8 Å². The monoisotopic (exact) mass is 216 g/mol. The highest BCUT2D eigenvalue weighted by molar-refractivity contribution is 8.14. The van der Waals surface area contributed by atoms with Gasteiger partial charge in [0.1, 0.15) is 0 Å². The minimum absolute atomic E-state index is 0.672. The summed E-state index contributed by atoms with van der Waals surface area (Å²) in [5, 5.41) is 5.57. The Morgan fingerprint density at radius 3 is 3.00 bits per heavy atom. The van der Waals surface area contributed by atoms with Crippen molar-refractivity contribution < 1.29 is 0 Å². The minimum Gasteiger partial charge on any atom is -0.361 e. The molecule has 1 fully saturated rings. The number of nitrogens with one attached hydrogen (secondary N) is 1. The highest BCUT2D eigenvalue weighted by Crippen LogP contribution is 2.25. The molecule has 0 radical (unpaired) electrons. The molecule has 2 aliphatic rings. The van der Waals surface area contributed by atoms with Gasteiger partial charge in [0.25, 0.3) is 0 Å². The summed E-state index contributed by atoms with van der Waals surface area (Å²) in [7, 11) is 0. The molecule has 2 heterocycles. The maximum atomic E-state index is 4.41. The Balaban J connectivity index is 1.75. The average Bonchev–Trinajstić information content (AvgIpc) is 2.62. The number of aliphatic imine (C=N–C) groups is 1. The van der Waals surface area contributed by atoms with Gasteiger partial charge in [0.2, 0.25) is 0 Å². The second kappa shape index (κ2) is 4.60. The smallest absolute Gasteiger partial charge is 0.156 e. The molecular formula is C9H16N2S2. The summed E-state index contributed by atoms with van der Waals surface area (Å²) in [6, 6.07) is 0.672. The number of hydrogen-bond donors (Lipinski definition) is 1. The van der Waals surface area contributed by atoms with E-state index >= 15 is 0 Å². The van der Waals surface area contributed by atoms with Crippen molar-refractivity contribution in [2.24, 2.45) is 4.99 Å². The van der Waals surface area contributed by atoms with Crippen LogP contribution in [-0.4, -0.2) is 34.5 Å². The van der Waals surface area contributed by atoms with Gasteiger partial charge < -0.3 is 5.32 Å². The topological polar surface area (TPSA) is 24.4 Å². The van der Waals surface area contributed by atoms with E-state index in [1.807, 2.05) is 11.8 Å². The van der Waals surface area contributed by atoms with Crippen molar-refractivity contribution in [2.75, 3.05) is 18.1 Å². The molecule has 4 heteroatoms. The zero-order valence-electron chi connectivity index (χ0n) is 7.95.